The van der Waals surface area contributed by atoms with Crippen LogP contribution in [0, 0.1) is 6.92 Å². The van der Waals surface area contributed by atoms with Crippen molar-refractivity contribution >= 4 is 5.95 Å². The number of nitrogens with zero attached hydrogens (tertiary/aromatic N) is 5. The Morgan fingerprint density at radius 2 is 2.29 bits per heavy atom. The lowest BCUT2D eigenvalue weighted by Crippen LogP contribution is -2.43. The maximum atomic E-state index is 5.21. The number of aromatic nitrogens is 4. The lowest BCUT2D eigenvalue weighted by Gasteiger charge is -2.35. The first-order valence-electron chi connectivity index (χ1n) is 7.39. The predicted molar refractivity (Wildman–Crippen MR) is 80.5 cm³/mol. The highest BCUT2D eigenvalue weighted by Crippen LogP contribution is 2.24. The monoisotopic (exact) mass is 287 g/mol. The van der Waals surface area contributed by atoms with E-state index in [1.165, 1.54) is 18.4 Å². The minimum atomic E-state index is 0.380. The molecule has 1 saturated heterocycles. The average molecular weight is 287 g/mol. The zero-order valence-corrected chi connectivity index (χ0v) is 12.6. The van der Waals surface area contributed by atoms with Gasteiger partial charge in [0, 0.05) is 25.0 Å². The van der Waals surface area contributed by atoms with E-state index in [2.05, 4.69) is 33.1 Å². The topological polar surface area (TPSA) is 56.1 Å². The molecule has 0 aromatic carbocycles. The molecule has 2 aromatic heterocycles. The second-order valence-corrected chi connectivity index (χ2v) is 5.48. The quantitative estimate of drug-likeness (QED) is 0.861. The van der Waals surface area contributed by atoms with Crippen molar-refractivity contribution in [1.82, 2.24) is 19.7 Å². The van der Waals surface area contributed by atoms with Crippen molar-refractivity contribution in [2.75, 3.05) is 18.6 Å². The lowest BCUT2D eigenvalue weighted by atomic mass is 10.0. The molecule has 0 amide bonds. The van der Waals surface area contributed by atoms with E-state index < -0.39 is 0 Å². The van der Waals surface area contributed by atoms with Crippen LogP contribution >= 0.6 is 0 Å². The van der Waals surface area contributed by atoms with E-state index in [0.29, 0.717) is 11.9 Å². The minimum absolute atomic E-state index is 0.380. The molecular formula is C15H21N5O. The molecule has 6 heteroatoms. The zero-order chi connectivity index (χ0) is 14.7. The molecule has 3 heterocycles. The van der Waals surface area contributed by atoms with Crippen molar-refractivity contribution in [3.8, 4) is 5.88 Å². The average Bonchev–Trinajstić information content (AvgIpc) is 2.93. The summed E-state index contributed by atoms with van der Waals surface area (Å²) in [6.45, 7) is 3.92. The number of rotatable bonds is 4. The maximum Gasteiger partial charge on any atom is 0.228 e. The molecule has 1 fully saturated rings. The van der Waals surface area contributed by atoms with Gasteiger partial charge in [-0.25, -0.2) is 4.98 Å². The Bertz CT molecular complexity index is 597. The summed E-state index contributed by atoms with van der Waals surface area (Å²) in [5.41, 5.74) is 1.19. The molecule has 0 spiro atoms. The normalized spacial score (nSPS) is 18.8. The van der Waals surface area contributed by atoms with E-state index in [0.717, 1.165) is 25.5 Å². The SMILES string of the molecule is COc1ccnc(N2CCCC[C@@H]2Cn2cc(C)cn2)n1. The van der Waals surface area contributed by atoms with Crippen molar-refractivity contribution in [3.63, 3.8) is 0 Å². The van der Waals surface area contributed by atoms with Crippen LogP contribution in [0.15, 0.2) is 24.7 Å². The summed E-state index contributed by atoms with van der Waals surface area (Å²) in [5.74, 6) is 1.36. The van der Waals surface area contributed by atoms with Gasteiger partial charge >= 0.3 is 0 Å². The minimum Gasteiger partial charge on any atom is -0.481 e. The van der Waals surface area contributed by atoms with Crippen molar-refractivity contribution in [3.05, 3.63) is 30.2 Å². The Morgan fingerprint density at radius 3 is 3.05 bits per heavy atom. The molecule has 1 atom stereocenters. The van der Waals surface area contributed by atoms with Crippen molar-refractivity contribution in [2.45, 2.75) is 38.8 Å². The summed E-state index contributed by atoms with van der Waals surface area (Å²) >= 11 is 0. The first-order chi connectivity index (χ1) is 10.3. The van der Waals surface area contributed by atoms with Crippen LogP contribution in [0.4, 0.5) is 5.95 Å². The lowest BCUT2D eigenvalue weighted by molar-refractivity contribution is 0.381. The Hall–Kier alpha value is -2.11. The highest BCUT2D eigenvalue weighted by molar-refractivity contribution is 5.34. The van der Waals surface area contributed by atoms with Crippen molar-refractivity contribution in [1.29, 1.82) is 0 Å². The van der Waals surface area contributed by atoms with E-state index >= 15 is 0 Å². The Kier molecular flexibility index (Phi) is 4.03. The molecule has 112 valence electrons. The molecule has 0 unspecified atom stereocenters. The number of piperidine rings is 1. The summed E-state index contributed by atoms with van der Waals surface area (Å²) in [6, 6.07) is 2.16. The van der Waals surface area contributed by atoms with Gasteiger partial charge in [-0.3, -0.25) is 4.68 Å². The molecule has 6 nitrogen and oxygen atoms in total. The molecule has 0 aliphatic carbocycles. The second kappa shape index (κ2) is 6.11. The smallest absolute Gasteiger partial charge is 0.228 e. The first-order valence-corrected chi connectivity index (χ1v) is 7.39. The van der Waals surface area contributed by atoms with Gasteiger partial charge in [-0.05, 0) is 31.7 Å². The van der Waals surface area contributed by atoms with E-state index in [1.807, 2.05) is 10.9 Å². The van der Waals surface area contributed by atoms with Crippen LogP contribution < -0.4 is 9.64 Å². The summed E-state index contributed by atoms with van der Waals surface area (Å²) in [7, 11) is 1.63. The Morgan fingerprint density at radius 1 is 1.38 bits per heavy atom. The molecule has 21 heavy (non-hydrogen) atoms. The van der Waals surface area contributed by atoms with Gasteiger partial charge in [0.05, 0.1) is 25.9 Å². The summed E-state index contributed by atoms with van der Waals surface area (Å²) in [4.78, 5) is 11.2. The number of hydrogen-bond donors (Lipinski definition) is 0. The highest BCUT2D eigenvalue weighted by atomic mass is 16.5. The molecule has 1 aliphatic rings. The van der Waals surface area contributed by atoms with Crippen LogP contribution in [0.25, 0.3) is 0 Å². The fourth-order valence-corrected chi connectivity index (χ4v) is 2.82. The second-order valence-electron chi connectivity index (χ2n) is 5.48. The number of methoxy groups -OCH3 is 1. The first kappa shape index (κ1) is 13.9. The Labute approximate surface area is 124 Å². The van der Waals surface area contributed by atoms with E-state index in [9.17, 15) is 0 Å². The molecule has 3 rings (SSSR count). The number of aryl methyl sites for hydroxylation is 1. The molecule has 1 aliphatic heterocycles. The van der Waals surface area contributed by atoms with Crippen LogP contribution in [-0.4, -0.2) is 39.4 Å². The fourth-order valence-electron chi connectivity index (χ4n) is 2.82. The van der Waals surface area contributed by atoms with Crippen molar-refractivity contribution in [2.24, 2.45) is 0 Å². The van der Waals surface area contributed by atoms with Crippen LogP contribution in [-0.2, 0) is 6.54 Å². The van der Waals surface area contributed by atoms with Gasteiger partial charge in [-0.15, -0.1) is 0 Å². The maximum absolute atomic E-state index is 5.21. The van der Waals surface area contributed by atoms with E-state index in [1.54, 1.807) is 19.4 Å². The molecule has 0 bridgehead atoms. The van der Waals surface area contributed by atoms with Gasteiger partial charge in [-0.1, -0.05) is 0 Å². The van der Waals surface area contributed by atoms with Gasteiger partial charge in [0.25, 0.3) is 0 Å². The van der Waals surface area contributed by atoms with Gasteiger partial charge in [0.15, 0.2) is 0 Å². The predicted octanol–water partition coefficient (Wildman–Crippen LogP) is 2.05. The largest absolute Gasteiger partial charge is 0.481 e. The molecular weight excluding hydrogens is 266 g/mol. The number of hydrogen-bond acceptors (Lipinski definition) is 5. The zero-order valence-electron chi connectivity index (χ0n) is 12.6. The fraction of sp³-hybridized carbons (Fsp3) is 0.533. The molecule has 0 radical (unpaired) electrons. The number of ether oxygens (including phenoxy) is 1. The van der Waals surface area contributed by atoms with Crippen LogP contribution in [0.5, 0.6) is 5.88 Å². The van der Waals surface area contributed by atoms with E-state index in [4.69, 9.17) is 4.74 Å². The van der Waals surface area contributed by atoms with Gasteiger partial charge < -0.3 is 9.64 Å². The summed E-state index contributed by atoms with van der Waals surface area (Å²) in [5, 5.41) is 4.40. The van der Waals surface area contributed by atoms with Gasteiger partial charge in [-0.2, -0.15) is 10.1 Å². The number of anilines is 1. The summed E-state index contributed by atoms with van der Waals surface area (Å²) < 4.78 is 7.22. The third kappa shape index (κ3) is 3.15. The third-order valence-electron chi connectivity index (χ3n) is 3.87. The Balaban J connectivity index is 1.80. The molecule has 0 N–H and O–H groups in total. The standard InChI is InChI=1S/C15H21N5O/c1-12-9-17-19(10-12)11-13-5-3-4-8-20(13)15-16-7-6-14(18-15)21-2/h6-7,9-10,13H,3-5,8,11H2,1-2H3/t13-/m1/s1. The summed E-state index contributed by atoms with van der Waals surface area (Å²) in [6.07, 6.45) is 9.29. The molecule has 0 saturated carbocycles. The van der Waals surface area contributed by atoms with Crippen LogP contribution in [0.3, 0.4) is 0 Å². The molecule has 2 aromatic rings. The third-order valence-corrected chi connectivity index (χ3v) is 3.87. The highest BCUT2D eigenvalue weighted by Gasteiger charge is 2.25. The van der Waals surface area contributed by atoms with E-state index in [-0.39, 0.29) is 0 Å². The van der Waals surface area contributed by atoms with Crippen LogP contribution in [0.1, 0.15) is 24.8 Å². The van der Waals surface area contributed by atoms with Gasteiger partial charge in [0.1, 0.15) is 0 Å². The van der Waals surface area contributed by atoms with Gasteiger partial charge in [0.2, 0.25) is 11.8 Å². The van der Waals surface area contributed by atoms with Crippen molar-refractivity contribution < 1.29 is 4.74 Å². The van der Waals surface area contributed by atoms with Crippen LogP contribution in [0.2, 0.25) is 0 Å².